The molecular weight excluding hydrogens is 468 g/mol. The lowest BCUT2D eigenvalue weighted by atomic mass is 9.85. The summed E-state index contributed by atoms with van der Waals surface area (Å²) in [4.78, 5) is 39.5. The lowest BCUT2D eigenvalue weighted by Gasteiger charge is -2.27. The molecule has 0 radical (unpaired) electrons. The van der Waals surface area contributed by atoms with Crippen LogP contribution < -0.4 is 15.0 Å². The number of hydrogen-bond acceptors (Lipinski definition) is 5. The molecule has 3 aromatic rings. The Bertz CT molecular complexity index is 1370. The van der Waals surface area contributed by atoms with Crippen LogP contribution in [0.1, 0.15) is 50.4 Å². The summed E-state index contributed by atoms with van der Waals surface area (Å²) in [6, 6.07) is 20.2. The van der Waals surface area contributed by atoms with Crippen LogP contribution in [0.4, 0.5) is 11.4 Å². The third-order valence-corrected chi connectivity index (χ3v) is 6.37. The fourth-order valence-electron chi connectivity index (χ4n) is 4.39. The van der Waals surface area contributed by atoms with Gasteiger partial charge in [0.05, 0.1) is 18.7 Å². The van der Waals surface area contributed by atoms with E-state index < -0.39 is 17.7 Å². The fraction of sp³-hybridized carbons (Fsp3) is 0.233. The van der Waals surface area contributed by atoms with Gasteiger partial charge in [0.1, 0.15) is 11.5 Å². The molecule has 3 aromatic carbocycles. The number of ether oxygens (including phenoxy) is 1. The highest BCUT2D eigenvalue weighted by Crippen LogP contribution is 2.43. The predicted octanol–water partition coefficient (Wildman–Crippen LogP) is 5.58. The molecule has 1 heterocycles. The van der Waals surface area contributed by atoms with Gasteiger partial charge in [-0.2, -0.15) is 0 Å². The minimum Gasteiger partial charge on any atom is -0.507 e. The van der Waals surface area contributed by atoms with Crippen molar-refractivity contribution in [1.29, 1.82) is 0 Å². The minimum atomic E-state index is -0.845. The number of Topliss-reactive ketones (excluding diaryl/α,β-unsaturated/α-hetero) is 1. The van der Waals surface area contributed by atoms with Crippen LogP contribution in [0.25, 0.3) is 5.76 Å². The van der Waals surface area contributed by atoms with E-state index in [4.69, 9.17) is 4.74 Å². The number of carbonyl (C=O) groups excluding carboxylic acids is 3. The normalized spacial score (nSPS) is 17.1. The van der Waals surface area contributed by atoms with Gasteiger partial charge in [0.25, 0.3) is 11.7 Å². The molecule has 0 bridgehead atoms. The second kappa shape index (κ2) is 9.93. The first-order valence-corrected chi connectivity index (χ1v) is 11.9. The topological polar surface area (TPSA) is 95.9 Å². The molecule has 7 heteroatoms. The molecular formula is C30H30N2O5. The molecule has 1 aliphatic rings. The zero-order chi connectivity index (χ0) is 26.9. The van der Waals surface area contributed by atoms with E-state index in [1.807, 2.05) is 24.3 Å². The predicted molar refractivity (Wildman–Crippen MR) is 144 cm³/mol. The Balaban J connectivity index is 1.86. The van der Waals surface area contributed by atoms with Gasteiger partial charge in [-0.3, -0.25) is 19.3 Å². The van der Waals surface area contributed by atoms with E-state index in [2.05, 4.69) is 26.1 Å². The Labute approximate surface area is 216 Å². The van der Waals surface area contributed by atoms with Crippen molar-refractivity contribution in [3.8, 4) is 5.75 Å². The highest BCUT2D eigenvalue weighted by Gasteiger charge is 2.47. The molecule has 7 nitrogen and oxygen atoms in total. The molecule has 2 amide bonds. The van der Waals surface area contributed by atoms with Crippen LogP contribution in [-0.4, -0.2) is 29.8 Å². The summed E-state index contributed by atoms with van der Waals surface area (Å²) in [7, 11) is 1.54. The Hall–Kier alpha value is -4.39. The van der Waals surface area contributed by atoms with Gasteiger partial charge in [-0.15, -0.1) is 0 Å². The van der Waals surface area contributed by atoms with Crippen molar-refractivity contribution in [2.24, 2.45) is 0 Å². The number of nitrogens with one attached hydrogen (secondary N) is 1. The van der Waals surface area contributed by atoms with Crippen molar-refractivity contribution >= 4 is 34.7 Å². The average Bonchev–Trinajstić information content (AvgIpc) is 3.13. The quantitative estimate of drug-likeness (QED) is 0.272. The minimum absolute atomic E-state index is 0.00427. The van der Waals surface area contributed by atoms with Gasteiger partial charge in [-0.25, -0.2) is 0 Å². The number of aliphatic hydroxyl groups excluding tert-OH is 1. The number of carbonyl (C=O) groups is 3. The van der Waals surface area contributed by atoms with Crippen molar-refractivity contribution in [3.05, 3.63) is 95.1 Å². The third kappa shape index (κ3) is 5.11. The maximum Gasteiger partial charge on any atom is 0.300 e. The van der Waals surface area contributed by atoms with E-state index in [9.17, 15) is 19.5 Å². The number of hydrogen-bond donors (Lipinski definition) is 2. The second-order valence-corrected chi connectivity index (χ2v) is 10.00. The molecule has 37 heavy (non-hydrogen) atoms. The molecule has 1 fully saturated rings. The standard InChI is InChI=1S/C30H30N2O5/c1-18(33)31-22-12-14-23(15-13-22)32-26(19-6-10-21(11-7-19)30(2,3)4)25(28(35)29(32)36)27(34)20-8-16-24(37-5)17-9-20/h6-17,26,34H,1-5H3,(H,31,33)/b27-25-. The van der Waals surface area contributed by atoms with E-state index in [0.717, 1.165) is 5.56 Å². The number of aliphatic hydroxyl groups is 1. The van der Waals surface area contributed by atoms with Crippen molar-refractivity contribution in [1.82, 2.24) is 0 Å². The summed E-state index contributed by atoms with van der Waals surface area (Å²) < 4.78 is 5.20. The number of rotatable bonds is 5. The Morgan fingerprint density at radius 1 is 0.919 bits per heavy atom. The van der Waals surface area contributed by atoms with Crippen LogP contribution in [0, 0.1) is 0 Å². The van der Waals surface area contributed by atoms with Crippen molar-refractivity contribution in [2.45, 2.75) is 39.2 Å². The van der Waals surface area contributed by atoms with Crippen molar-refractivity contribution < 1.29 is 24.2 Å². The number of nitrogens with zero attached hydrogens (tertiary/aromatic N) is 1. The van der Waals surface area contributed by atoms with Gasteiger partial charge in [0.2, 0.25) is 5.91 Å². The summed E-state index contributed by atoms with van der Waals surface area (Å²) in [6.45, 7) is 7.73. The summed E-state index contributed by atoms with van der Waals surface area (Å²) in [5.41, 5.74) is 3.15. The molecule has 4 rings (SSSR count). The third-order valence-electron chi connectivity index (χ3n) is 6.37. The van der Waals surface area contributed by atoms with Gasteiger partial charge in [-0.1, -0.05) is 45.0 Å². The first-order chi connectivity index (χ1) is 17.5. The summed E-state index contributed by atoms with van der Waals surface area (Å²) in [5, 5.41) is 14.0. The second-order valence-electron chi connectivity index (χ2n) is 10.00. The monoisotopic (exact) mass is 498 g/mol. The van der Waals surface area contributed by atoms with Gasteiger partial charge in [0, 0.05) is 23.9 Å². The summed E-state index contributed by atoms with van der Waals surface area (Å²) >= 11 is 0. The van der Waals surface area contributed by atoms with Crippen LogP contribution in [0.2, 0.25) is 0 Å². The van der Waals surface area contributed by atoms with Crippen molar-refractivity contribution in [3.63, 3.8) is 0 Å². The van der Waals surface area contributed by atoms with Crippen molar-refractivity contribution in [2.75, 3.05) is 17.3 Å². The first-order valence-electron chi connectivity index (χ1n) is 11.9. The summed E-state index contributed by atoms with van der Waals surface area (Å²) in [5.74, 6) is -1.39. The van der Waals surface area contributed by atoms with E-state index >= 15 is 0 Å². The molecule has 0 spiro atoms. The first kappa shape index (κ1) is 25.7. The number of ketones is 1. The summed E-state index contributed by atoms with van der Waals surface area (Å²) in [6.07, 6.45) is 0. The van der Waals surface area contributed by atoms with Crippen LogP contribution in [0.3, 0.4) is 0 Å². The lowest BCUT2D eigenvalue weighted by molar-refractivity contribution is -0.132. The molecule has 0 aromatic heterocycles. The largest absolute Gasteiger partial charge is 0.507 e. The highest BCUT2D eigenvalue weighted by molar-refractivity contribution is 6.51. The number of methoxy groups -OCH3 is 1. The molecule has 1 unspecified atom stereocenters. The molecule has 0 aliphatic carbocycles. The van der Waals surface area contributed by atoms with E-state index in [1.165, 1.54) is 11.8 Å². The zero-order valence-corrected chi connectivity index (χ0v) is 21.5. The molecule has 190 valence electrons. The molecule has 0 saturated carbocycles. The number of amides is 2. The van der Waals surface area contributed by atoms with E-state index in [0.29, 0.717) is 28.3 Å². The van der Waals surface area contributed by atoms with Crippen LogP contribution in [-0.2, 0) is 19.8 Å². The smallest absolute Gasteiger partial charge is 0.300 e. The van der Waals surface area contributed by atoms with Gasteiger partial charge in [0.15, 0.2) is 0 Å². The fourth-order valence-corrected chi connectivity index (χ4v) is 4.39. The van der Waals surface area contributed by atoms with Crippen LogP contribution in [0.5, 0.6) is 5.75 Å². The maximum atomic E-state index is 13.4. The van der Waals surface area contributed by atoms with Gasteiger partial charge >= 0.3 is 0 Å². The van der Waals surface area contributed by atoms with Gasteiger partial charge in [-0.05, 0) is 65.1 Å². The SMILES string of the molecule is COc1ccc(/C(O)=C2/C(=O)C(=O)N(c3ccc(NC(C)=O)cc3)C2c2ccc(C(C)(C)C)cc2)cc1. The molecule has 1 atom stereocenters. The van der Waals surface area contributed by atoms with E-state index in [1.54, 1.807) is 55.6 Å². The number of benzene rings is 3. The van der Waals surface area contributed by atoms with Crippen LogP contribution >= 0.6 is 0 Å². The Morgan fingerprint density at radius 3 is 2.03 bits per heavy atom. The lowest BCUT2D eigenvalue weighted by Crippen LogP contribution is -2.29. The van der Waals surface area contributed by atoms with Crippen LogP contribution in [0.15, 0.2) is 78.4 Å². The average molecular weight is 499 g/mol. The Kier molecular flexibility index (Phi) is 6.90. The maximum absolute atomic E-state index is 13.4. The highest BCUT2D eigenvalue weighted by atomic mass is 16.5. The molecule has 1 aliphatic heterocycles. The zero-order valence-electron chi connectivity index (χ0n) is 21.5. The molecule has 2 N–H and O–H groups in total. The molecule has 1 saturated heterocycles. The number of anilines is 2. The Morgan fingerprint density at radius 2 is 1.51 bits per heavy atom. The van der Waals surface area contributed by atoms with Gasteiger partial charge < -0.3 is 15.2 Å². The van der Waals surface area contributed by atoms with E-state index in [-0.39, 0.29) is 22.7 Å².